The number of rotatable bonds is 4. The zero-order valence-corrected chi connectivity index (χ0v) is 12.0. The molecular formula is C15H28N2O. The van der Waals surface area contributed by atoms with Gasteiger partial charge in [-0.15, -0.1) is 0 Å². The quantitative estimate of drug-likeness (QED) is 0.834. The largest absolute Gasteiger partial charge is 0.343 e. The van der Waals surface area contributed by atoms with Crippen molar-refractivity contribution < 1.29 is 4.79 Å². The predicted octanol–water partition coefficient (Wildman–Crippen LogP) is 2.56. The first kappa shape index (κ1) is 13.9. The Morgan fingerprint density at radius 1 is 1.28 bits per heavy atom. The molecule has 0 spiro atoms. The predicted molar refractivity (Wildman–Crippen MR) is 74.5 cm³/mol. The van der Waals surface area contributed by atoms with E-state index in [9.17, 15) is 4.79 Å². The summed E-state index contributed by atoms with van der Waals surface area (Å²) in [4.78, 5) is 13.3. The van der Waals surface area contributed by atoms with Crippen LogP contribution in [-0.2, 0) is 4.79 Å². The minimum atomic E-state index is 0.231. The Morgan fingerprint density at radius 3 is 2.39 bits per heavy atom. The lowest BCUT2D eigenvalue weighted by molar-refractivity contribution is -0.129. The summed E-state index contributed by atoms with van der Waals surface area (Å²) < 4.78 is 0. The molecule has 1 heterocycles. The molecule has 3 heteroatoms. The zero-order chi connectivity index (χ0) is 13.0. The van der Waals surface area contributed by atoms with E-state index in [0.29, 0.717) is 11.5 Å². The van der Waals surface area contributed by atoms with Gasteiger partial charge in [-0.2, -0.15) is 0 Å². The van der Waals surface area contributed by atoms with E-state index in [1.165, 1.54) is 38.6 Å². The number of hydrogen-bond donors (Lipinski definition) is 1. The third kappa shape index (κ3) is 3.25. The fourth-order valence-corrected chi connectivity index (χ4v) is 3.54. The lowest BCUT2D eigenvalue weighted by Gasteiger charge is -2.35. The van der Waals surface area contributed by atoms with Crippen LogP contribution in [0, 0.1) is 5.41 Å². The SMILES string of the molecule is CCC1(CNC2CCN(C(C)=O)CC2)CCCC1. The van der Waals surface area contributed by atoms with Gasteiger partial charge in [0.1, 0.15) is 0 Å². The summed E-state index contributed by atoms with van der Waals surface area (Å²) in [5, 5.41) is 3.78. The van der Waals surface area contributed by atoms with Crippen LogP contribution in [0.2, 0.25) is 0 Å². The second kappa shape index (κ2) is 6.05. The Balaban J connectivity index is 1.73. The summed E-state index contributed by atoms with van der Waals surface area (Å²) in [6, 6.07) is 0.629. The van der Waals surface area contributed by atoms with Crippen molar-refractivity contribution in [3.05, 3.63) is 0 Å². The monoisotopic (exact) mass is 252 g/mol. The van der Waals surface area contributed by atoms with E-state index in [2.05, 4.69) is 12.2 Å². The molecule has 1 N–H and O–H groups in total. The minimum Gasteiger partial charge on any atom is -0.343 e. The van der Waals surface area contributed by atoms with Gasteiger partial charge in [0.05, 0.1) is 0 Å². The summed E-state index contributed by atoms with van der Waals surface area (Å²) >= 11 is 0. The maximum atomic E-state index is 11.3. The Bertz CT molecular complexity index is 276. The summed E-state index contributed by atoms with van der Waals surface area (Å²) in [6.45, 7) is 7.08. The van der Waals surface area contributed by atoms with Gasteiger partial charge in [-0.25, -0.2) is 0 Å². The molecular weight excluding hydrogens is 224 g/mol. The topological polar surface area (TPSA) is 32.3 Å². The van der Waals surface area contributed by atoms with Crippen molar-refractivity contribution in [2.75, 3.05) is 19.6 Å². The van der Waals surface area contributed by atoms with Gasteiger partial charge >= 0.3 is 0 Å². The van der Waals surface area contributed by atoms with Gasteiger partial charge in [0.15, 0.2) is 0 Å². The molecule has 1 saturated heterocycles. The molecule has 0 aromatic rings. The summed E-state index contributed by atoms with van der Waals surface area (Å²) in [5.41, 5.74) is 0.581. The van der Waals surface area contributed by atoms with E-state index in [0.717, 1.165) is 25.9 Å². The fourth-order valence-electron chi connectivity index (χ4n) is 3.54. The van der Waals surface area contributed by atoms with E-state index in [4.69, 9.17) is 0 Å². The third-order valence-corrected chi connectivity index (χ3v) is 5.12. The second-order valence-corrected chi connectivity index (χ2v) is 6.22. The van der Waals surface area contributed by atoms with Crippen LogP contribution in [0.25, 0.3) is 0 Å². The van der Waals surface area contributed by atoms with Gasteiger partial charge in [0, 0.05) is 32.6 Å². The fraction of sp³-hybridized carbons (Fsp3) is 0.933. The molecule has 104 valence electrons. The van der Waals surface area contributed by atoms with Crippen molar-refractivity contribution in [2.45, 2.75) is 64.8 Å². The molecule has 0 radical (unpaired) electrons. The number of likely N-dealkylation sites (tertiary alicyclic amines) is 1. The molecule has 1 aliphatic heterocycles. The zero-order valence-electron chi connectivity index (χ0n) is 12.0. The van der Waals surface area contributed by atoms with Crippen LogP contribution in [0.5, 0.6) is 0 Å². The van der Waals surface area contributed by atoms with Gasteiger partial charge < -0.3 is 10.2 Å². The van der Waals surface area contributed by atoms with Crippen LogP contribution in [-0.4, -0.2) is 36.5 Å². The van der Waals surface area contributed by atoms with E-state index in [1.807, 2.05) is 4.90 Å². The molecule has 0 aromatic carbocycles. The standard InChI is InChI=1S/C15H28N2O/c1-3-15(8-4-5-9-15)12-16-14-6-10-17(11-7-14)13(2)18/h14,16H,3-12H2,1-2H3. The van der Waals surface area contributed by atoms with Crippen LogP contribution in [0.4, 0.5) is 0 Å². The molecule has 0 bridgehead atoms. The average molecular weight is 252 g/mol. The molecule has 2 fully saturated rings. The normalized spacial score (nSPS) is 24.4. The molecule has 1 aliphatic carbocycles. The van der Waals surface area contributed by atoms with Crippen molar-refractivity contribution in [3.8, 4) is 0 Å². The highest BCUT2D eigenvalue weighted by Crippen LogP contribution is 2.40. The summed E-state index contributed by atoms with van der Waals surface area (Å²) in [7, 11) is 0. The Kier molecular flexibility index (Phi) is 4.66. The number of nitrogens with zero attached hydrogens (tertiary/aromatic N) is 1. The van der Waals surface area contributed by atoms with Gasteiger partial charge in [-0.05, 0) is 37.5 Å². The van der Waals surface area contributed by atoms with Gasteiger partial charge in [0.25, 0.3) is 0 Å². The third-order valence-electron chi connectivity index (χ3n) is 5.12. The molecule has 18 heavy (non-hydrogen) atoms. The number of amides is 1. The van der Waals surface area contributed by atoms with Crippen molar-refractivity contribution in [3.63, 3.8) is 0 Å². The van der Waals surface area contributed by atoms with Gasteiger partial charge in [-0.3, -0.25) is 4.79 Å². The second-order valence-electron chi connectivity index (χ2n) is 6.22. The highest BCUT2D eigenvalue weighted by Gasteiger charge is 2.32. The number of carbonyl (C=O) groups excluding carboxylic acids is 1. The summed E-state index contributed by atoms with van der Waals surface area (Å²) in [5.74, 6) is 0.231. The van der Waals surface area contributed by atoms with E-state index < -0.39 is 0 Å². The van der Waals surface area contributed by atoms with E-state index >= 15 is 0 Å². The van der Waals surface area contributed by atoms with Crippen LogP contribution in [0.1, 0.15) is 58.8 Å². The van der Waals surface area contributed by atoms with Crippen molar-refractivity contribution in [1.82, 2.24) is 10.2 Å². The first-order valence-electron chi connectivity index (χ1n) is 7.64. The maximum absolute atomic E-state index is 11.3. The first-order chi connectivity index (χ1) is 8.65. The molecule has 2 rings (SSSR count). The van der Waals surface area contributed by atoms with Gasteiger partial charge in [0.2, 0.25) is 5.91 Å². The Labute approximate surface area is 111 Å². The highest BCUT2D eigenvalue weighted by atomic mass is 16.2. The Morgan fingerprint density at radius 2 is 1.89 bits per heavy atom. The lowest BCUT2D eigenvalue weighted by atomic mass is 9.83. The van der Waals surface area contributed by atoms with E-state index in [-0.39, 0.29) is 5.91 Å². The van der Waals surface area contributed by atoms with Crippen LogP contribution >= 0.6 is 0 Å². The number of piperidine rings is 1. The summed E-state index contributed by atoms with van der Waals surface area (Å²) in [6.07, 6.45) is 9.20. The van der Waals surface area contributed by atoms with Crippen molar-refractivity contribution >= 4 is 5.91 Å². The molecule has 0 aromatic heterocycles. The Hall–Kier alpha value is -0.570. The molecule has 1 amide bonds. The molecule has 0 atom stereocenters. The average Bonchev–Trinajstić information content (AvgIpc) is 2.86. The molecule has 0 unspecified atom stereocenters. The smallest absolute Gasteiger partial charge is 0.219 e. The van der Waals surface area contributed by atoms with Crippen LogP contribution in [0.15, 0.2) is 0 Å². The molecule has 2 aliphatic rings. The number of hydrogen-bond acceptors (Lipinski definition) is 2. The van der Waals surface area contributed by atoms with Crippen LogP contribution < -0.4 is 5.32 Å². The number of nitrogens with one attached hydrogen (secondary N) is 1. The minimum absolute atomic E-state index is 0.231. The van der Waals surface area contributed by atoms with E-state index in [1.54, 1.807) is 6.92 Å². The van der Waals surface area contributed by atoms with Gasteiger partial charge in [-0.1, -0.05) is 19.8 Å². The molecule has 1 saturated carbocycles. The molecule has 3 nitrogen and oxygen atoms in total. The lowest BCUT2D eigenvalue weighted by Crippen LogP contribution is -2.46. The number of carbonyl (C=O) groups is 1. The maximum Gasteiger partial charge on any atom is 0.219 e. The van der Waals surface area contributed by atoms with Crippen molar-refractivity contribution in [2.24, 2.45) is 5.41 Å². The van der Waals surface area contributed by atoms with Crippen molar-refractivity contribution in [1.29, 1.82) is 0 Å². The highest BCUT2D eigenvalue weighted by molar-refractivity contribution is 5.73. The first-order valence-corrected chi connectivity index (χ1v) is 7.64. The van der Waals surface area contributed by atoms with Crippen LogP contribution in [0.3, 0.4) is 0 Å².